The zero-order valence-corrected chi connectivity index (χ0v) is 12.6. The Morgan fingerprint density at radius 1 is 1.25 bits per heavy atom. The molecule has 0 spiro atoms. The van der Waals surface area contributed by atoms with Gasteiger partial charge in [-0.1, -0.05) is 23.2 Å². The number of rotatable bonds is 3. The van der Waals surface area contributed by atoms with Gasteiger partial charge < -0.3 is 5.32 Å². The third-order valence-electron chi connectivity index (χ3n) is 4.07. The van der Waals surface area contributed by atoms with E-state index in [1.54, 1.807) is 18.2 Å². The summed E-state index contributed by atoms with van der Waals surface area (Å²) < 4.78 is 0. The van der Waals surface area contributed by atoms with Crippen LogP contribution in [0.4, 0.5) is 0 Å². The van der Waals surface area contributed by atoms with Crippen LogP contribution >= 0.6 is 23.2 Å². The van der Waals surface area contributed by atoms with E-state index >= 15 is 0 Å². The SMILES string of the molecule is O=C(NCC1CN2CCN1CC2)c1ccc(Cl)cc1Cl. The molecule has 3 aliphatic rings. The summed E-state index contributed by atoms with van der Waals surface area (Å²) in [5.74, 6) is -0.135. The van der Waals surface area contributed by atoms with Crippen LogP contribution in [-0.4, -0.2) is 61.0 Å². The Morgan fingerprint density at radius 2 is 2.00 bits per heavy atom. The molecular formula is C14H17Cl2N3O. The first-order valence-electron chi connectivity index (χ1n) is 6.83. The molecule has 4 nitrogen and oxygen atoms in total. The third kappa shape index (κ3) is 2.93. The van der Waals surface area contributed by atoms with E-state index in [-0.39, 0.29) is 5.91 Å². The van der Waals surface area contributed by atoms with Crippen LogP contribution in [0, 0.1) is 0 Å². The molecule has 1 atom stereocenters. The first-order chi connectivity index (χ1) is 9.63. The number of carbonyl (C=O) groups is 1. The molecule has 6 heteroatoms. The number of fused-ring (bicyclic) bond motifs is 3. The zero-order chi connectivity index (χ0) is 14.1. The fraction of sp³-hybridized carbons (Fsp3) is 0.500. The van der Waals surface area contributed by atoms with E-state index in [1.807, 2.05) is 0 Å². The Hall–Kier alpha value is -0.810. The Labute approximate surface area is 128 Å². The summed E-state index contributed by atoms with van der Waals surface area (Å²) in [5.41, 5.74) is 0.479. The first kappa shape index (κ1) is 14.1. The van der Waals surface area contributed by atoms with Crippen LogP contribution in [0.15, 0.2) is 18.2 Å². The summed E-state index contributed by atoms with van der Waals surface area (Å²) in [6.07, 6.45) is 0. The highest BCUT2D eigenvalue weighted by molar-refractivity contribution is 6.36. The van der Waals surface area contributed by atoms with Crippen LogP contribution in [0.5, 0.6) is 0 Å². The lowest BCUT2D eigenvalue weighted by Gasteiger charge is -2.47. The smallest absolute Gasteiger partial charge is 0.252 e. The van der Waals surface area contributed by atoms with Crippen molar-refractivity contribution in [3.63, 3.8) is 0 Å². The number of amides is 1. The summed E-state index contributed by atoms with van der Waals surface area (Å²) in [4.78, 5) is 17.1. The van der Waals surface area contributed by atoms with Crippen LogP contribution in [-0.2, 0) is 0 Å². The van der Waals surface area contributed by atoms with Gasteiger partial charge in [-0.05, 0) is 18.2 Å². The molecule has 1 amide bonds. The summed E-state index contributed by atoms with van der Waals surface area (Å²) in [6, 6.07) is 5.35. The van der Waals surface area contributed by atoms with Crippen molar-refractivity contribution < 1.29 is 4.79 Å². The molecular weight excluding hydrogens is 297 g/mol. The predicted molar refractivity (Wildman–Crippen MR) is 80.6 cm³/mol. The molecule has 3 saturated heterocycles. The molecule has 0 aliphatic carbocycles. The van der Waals surface area contributed by atoms with Crippen molar-refractivity contribution >= 4 is 29.1 Å². The fourth-order valence-corrected chi connectivity index (χ4v) is 3.39. The van der Waals surface area contributed by atoms with Gasteiger partial charge in [0.25, 0.3) is 5.91 Å². The molecule has 20 heavy (non-hydrogen) atoms. The predicted octanol–water partition coefficient (Wildman–Crippen LogP) is 1.72. The number of hydrogen-bond acceptors (Lipinski definition) is 3. The minimum atomic E-state index is -0.135. The number of halogens is 2. The normalized spacial score (nSPS) is 28.4. The standard InChI is InChI=1S/C14H17Cl2N3O/c15-10-1-2-12(13(16)7-10)14(20)17-8-11-9-18-3-5-19(11)6-4-18/h1-2,7,11H,3-6,8-9H2,(H,17,20). The molecule has 4 rings (SSSR count). The molecule has 0 aromatic heterocycles. The lowest BCUT2D eigenvalue weighted by molar-refractivity contribution is 0.0138. The molecule has 2 bridgehead atoms. The summed E-state index contributed by atoms with van der Waals surface area (Å²) in [5, 5.41) is 3.91. The van der Waals surface area contributed by atoms with Gasteiger partial charge in [0.1, 0.15) is 0 Å². The van der Waals surface area contributed by atoms with Crippen molar-refractivity contribution in [1.29, 1.82) is 0 Å². The second-order valence-electron chi connectivity index (χ2n) is 5.32. The Morgan fingerprint density at radius 3 is 2.60 bits per heavy atom. The molecule has 3 aliphatic heterocycles. The fourth-order valence-electron chi connectivity index (χ4n) is 2.90. The van der Waals surface area contributed by atoms with Gasteiger partial charge in [-0.3, -0.25) is 14.6 Å². The Balaban J connectivity index is 1.59. The number of nitrogens with zero attached hydrogens (tertiary/aromatic N) is 2. The van der Waals surface area contributed by atoms with Gasteiger partial charge in [-0.25, -0.2) is 0 Å². The van der Waals surface area contributed by atoms with E-state index < -0.39 is 0 Å². The molecule has 0 radical (unpaired) electrons. The van der Waals surface area contributed by atoms with Crippen LogP contribution in [0.1, 0.15) is 10.4 Å². The highest BCUT2D eigenvalue weighted by atomic mass is 35.5. The maximum atomic E-state index is 12.2. The third-order valence-corrected chi connectivity index (χ3v) is 4.61. The molecule has 1 aromatic rings. The van der Waals surface area contributed by atoms with Crippen LogP contribution in [0.25, 0.3) is 0 Å². The van der Waals surface area contributed by atoms with Crippen molar-refractivity contribution in [3.05, 3.63) is 33.8 Å². The van der Waals surface area contributed by atoms with E-state index in [0.717, 1.165) is 32.7 Å². The zero-order valence-electron chi connectivity index (χ0n) is 11.1. The number of benzene rings is 1. The van der Waals surface area contributed by atoms with Crippen LogP contribution in [0.2, 0.25) is 10.0 Å². The quantitative estimate of drug-likeness (QED) is 0.923. The highest BCUT2D eigenvalue weighted by Crippen LogP contribution is 2.21. The number of hydrogen-bond donors (Lipinski definition) is 1. The molecule has 1 aromatic carbocycles. The largest absolute Gasteiger partial charge is 0.350 e. The molecule has 3 heterocycles. The highest BCUT2D eigenvalue weighted by Gasteiger charge is 2.31. The van der Waals surface area contributed by atoms with E-state index in [4.69, 9.17) is 23.2 Å². The number of nitrogens with one attached hydrogen (secondary N) is 1. The maximum Gasteiger partial charge on any atom is 0.252 e. The summed E-state index contributed by atoms with van der Waals surface area (Å²) in [7, 11) is 0. The van der Waals surface area contributed by atoms with Crippen molar-refractivity contribution in [2.24, 2.45) is 0 Å². The van der Waals surface area contributed by atoms with Crippen molar-refractivity contribution in [2.45, 2.75) is 6.04 Å². The topological polar surface area (TPSA) is 35.6 Å². The van der Waals surface area contributed by atoms with Crippen LogP contribution < -0.4 is 5.32 Å². The number of carbonyl (C=O) groups excluding carboxylic acids is 1. The average molecular weight is 314 g/mol. The number of piperazine rings is 3. The maximum absolute atomic E-state index is 12.2. The second kappa shape index (κ2) is 5.90. The van der Waals surface area contributed by atoms with Crippen molar-refractivity contribution in [1.82, 2.24) is 15.1 Å². The van der Waals surface area contributed by atoms with Gasteiger partial charge in [0.2, 0.25) is 0 Å². The molecule has 3 fully saturated rings. The van der Waals surface area contributed by atoms with Gasteiger partial charge in [-0.2, -0.15) is 0 Å². The first-order valence-corrected chi connectivity index (χ1v) is 7.59. The summed E-state index contributed by atoms with van der Waals surface area (Å²) >= 11 is 11.9. The van der Waals surface area contributed by atoms with E-state index in [9.17, 15) is 4.79 Å². The Kier molecular flexibility index (Phi) is 4.17. The average Bonchev–Trinajstić information content (AvgIpc) is 2.46. The van der Waals surface area contributed by atoms with Crippen molar-refractivity contribution in [2.75, 3.05) is 39.3 Å². The van der Waals surface area contributed by atoms with Gasteiger partial charge in [0.15, 0.2) is 0 Å². The molecule has 1 unspecified atom stereocenters. The van der Waals surface area contributed by atoms with Crippen molar-refractivity contribution in [3.8, 4) is 0 Å². The lowest BCUT2D eigenvalue weighted by Crippen LogP contribution is -2.63. The van der Waals surface area contributed by atoms with Gasteiger partial charge in [-0.15, -0.1) is 0 Å². The summed E-state index contributed by atoms with van der Waals surface area (Å²) in [6.45, 7) is 6.19. The van der Waals surface area contributed by atoms with Gasteiger partial charge in [0.05, 0.1) is 10.6 Å². The van der Waals surface area contributed by atoms with E-state index in [1.165, 1.54) is 0 Å². The van der Waals surface area contributed by atoms with E-state index in [2.05, 4.69) is 15.1 Å². The molecule has 1 N–H and O–H groups in total. The Bertz CT molecular complexity index is 515. The van der Waals surface area contributed by atoms with Gasteiger partial charge in [0, 0.05) is 50.3 Å². The minimum Gasteiger partial charge on any atom is -0.350 e. The van der Waals surface area contributed by atoms with Crippen LogP contribution in [0.3, 0.4) is 0 Å². The molecule has 108 valence electrons. The molecule has 0 saturated carbocycles. The van der Waals surface area contributed by atoms with Gasteiger partial charge >= 0.3 is 0 Å². The monoisotopic (exact) mass is 313 g/mol. The lowest BCUT2D eigenvalue weighted by atomic mass is 10.1. The van der Waals surface area contributed by atoms with E-state index in [0.29, 0.717) is 28.2 Å². The minimum absolute atomic E-state index is 0.135. The second-order valence-corrected chi connectivity index (χ2v) is 6.17.